The van der Waals surface area contributed by atoms with Crippen LogP contribution < -0.4 is 5.32 Å². The van der Waals surface area contributed by atoms with Gasteiger partial charge in [-0.15, -0.1) is 0 Å². The minimum absolute atomic E-state index is 0.00809. The van der Waals surface area contributed by atoms with E-state index in [0.29, 0.717) is 12.4 Å². The largest absolute Gasteiger partial charge is 0.329 e. The molecular formula is C29H36N4O2. The molecule has 3 aromatic rings. The van der Waals surface area contributed by atoms with Crippen molar-refractivity contribution >= 4 is 17.6 Å². The number of carbonyl (C=O) groups is 2. The predicted octanol–water partition coefficient (Wildman–Crippen LogP) is 5.64. The molecule has 1 heterocycles. The molecule has 0 unspecified atom stereocenters. The Kier molecular flexibility index (Phi) is 7.39. The van der Waals surface area contributed by atoms with Gasteiger partial charge in [-0.1, -0.05) is 81.6 Å². The summed E-state index contributed by atoms with van der Waals surface area (Å²) >= 11 is 0. The quantitative estimate of drug-likeness (QED) is 0.484. The van der Waals surface area contributed by atoms with Crippen molar-refractivity contribution < 1.29 is 9.59 Å². The molecule has 2 amide bonds. The fourth-order valence-electron chi connectivity index (χ4n) is 4.52. The average molecular weight is 473 g/mol. The number of hydrogen-bond donors (Lipinski definition) is 1. The van der Waals surface area contributed by atoms with Crippen molar-refractivity contribution in [3.63, 3.8) is 0 Å². The van der Waals surface area contributed by atoms with Gasteiger partial charge in [-0.25, -0.2) is 4.68 Å². The number of benzene rings is 2. The maximum absolute atomic E-state index is 13.3. The molecule has 1 aliphatic rings. The number of hydrogen-bond acceptors (Lipinski definition) is 3. The third kappa shape index (κ3) is 6.18. The van der Waals surface area contributed by atoms with E-state index in [9.17, 15) is 9.59 Å². The Morgan fingerprint density at radius 2 is 1.69 bits per heavy atom. The first kappa shape index (κ1) is 24.7. The number of aryl methyl sites for hydroxylation is 1. The van der Waals surface area contributed by atoms with Crippen molar-refractivity contribution in [2.75, 3.05) is 11.9 Å². The van der Waals surface area contributed by atoms with E-state index in [1.807, 2.05) is 67.6 Å². The lowest BCUT2D eigenvalue weighted by atomic mass is 9.92. The fraction of sp³-hybridized carbons (Fsp3) is 0.414. The second-order valence-corrected chi connectivity index (χ2v) is 10.6. The molecule has 1 aromatic heterocycles. The van der Waals surface area contributed by atoms with Crippen LogP contribution >= 0.6 is 0 Å². The fourth-order valence-corrected chi connectivity index (χ4v) is 4.52. The van der Waals surface area contributed by atoms with Crippen LogP contribution in [0.4, 0.5) is 5.82 Å². The van der Waals surface area contributed by atoms with Crippen molar-refractivity contribution in [2.45, 2.75) is 65.3 Å². The van der Waals surface area contributed by atoms with E-state index in [4.69, 9.17) is 5.10 Å². The molecular weight excluding hydrogens is 436 g/mol. The van der Waals surface area contributed by atoms with Gasteiger partial charge in [0.15, 0.2) is 0 Å². The molecule has 1 fully saturated rings. The van der Waals surface area contributed by atoms with Crippen LogP contribution in [0.2, 0.25) is 0 Å². The van der Waals surface area contributed by atoms with E-state index >= 15 is 0 Å². The SMILES string of the molecule is Cc1ccc(-n2nc(C(C)(C)C)cc2NC(=O)CN(Cc2ccccc2)C(=O)C2CCCC2)cc1. The van der Waals surface area contributed by atoms with Crippen LogP contribution in [0.25, 0.3) is 5.69 Å². The molecule has 0 atom stereocenters. The minimum Gasteiger partial charge on any atom is -0.329 e. The minimum atomic E-state index is -0.221. The first-order chi connectivity index (χ1) is 16.7. The first-order valence-electron chi connectivity index (χ1n) is 12.5. The predicted molar refractivity (Wildman–Crippen MR) is 139 cm³/mol. The van der Waals surface area contributed by atoms with Gasteiger partial charge in [0.05, 0.1) is 11.4 Å². The number of aromatic nitrogens is 2. The summed E-state index contributed by atoms with van der Waals surface area (Å²) in [4.78, 5) is 28.3. The third-order valence-electron chi connectivity index (χ3n) is 6.59. The molecule has 0 spiro atoms. The number of anilines is 1. The summed E-state index contributed by atoms with van der Waals surface area (Å²) in [7, 11) is 0. The molecule has 1 N–H and O–H groups in total. The van der Waals surface area contributed by atoms with Gasteiger partial charge in [-0.3, -0.25) is 9.59 Å². The van der Waals surface area contributed by atoms with E-state index in [2.05, 4.69) is 26.1 Å². The maximum atomic E-state index is 13.3. The van der Waals surface area contributed by atoms with E-state index in [1.54, 1.807) is 9.58 Å². The van der Waals surface area contributed by atoms with Crippen LogP contribution in [0.15, 0.2) is 60.7 Å². The van der Waals surface area contributed by atoms with Crippen LogP contribution in [-0.2, 0) is 21.5 Å². The second kappa shape index (κ2) is 10.5. The van der Waals surface area contributed by atoms with Crippen LogP contribution in [0, 0.1) is 12.8 Å². The molecule has 1 aliphatic carbocycles. The molecule has 2 aromatic carbocycles. The summed E-state index contributed by atoms with van der Waals surface area (Å²) in [6.07, 6.45) is 3.96. The lowest BCUT2D eigenvalue weighted by molar-refractivity contribution is -0.138. The highest BCUT2D eigenvalue weighted by molar-refractivity contribution is 5.94. The van der Waals surface area contributed by atoms with Gasteiger partial charge in [-0.05, 0) is 37.5 Å². The van der Waals surface area contributed by atoms with E-state index in [1.165, 1.54) is 0 Å². The van der Waals surface area contributed by atoms with Gasteiger partial charge in [0.25, 0.3) is 0 Å². The number of amides is 2. The molecule has 0 radical (unpaired) electrons. The zero-order chi connectivity index (χ0) is 25.0. The Bertz CT molecular complexity index is 1150. The van der Waals surface area contributed by atoms with E-state index in [-0.39, 0.29) is 29.7 Å². The first-order valence-corrected chi connectivity index (χ1v) is 12.5. The highest BCUT2D eigenvalue weighted by atomic mass is 16.2. The van der Waals surface area contributed by atoms with Gasteiger partial charge < -0.3 is 10.2 Å². The average Bonchev–Trinajstić information content (AvgIpc) is 3.50. The third-order valence-corrected chi connectivity index (χ3v) is 6.59. The van der Waals surface area contributed by atoms with Gasteiger partial charge in [-0.2, -0.15) is 5.10 Å². The maximum Gasteiger partial charge on any atom is 0.245 e. The van der Waals surface area contributed by atoms with E-state index < -0.39 is 0 Å². The summed E-state index contributed by atoms with van der Waals surface area (Å²) in [5, 5.41) is 7.85. The van der Waals surface area contributed by atoms with Crippen LogP contribution in [-0.4, -0.2) is 33.0 Å². The van der Waals surface area contributed by atoms with Gasteiger partial charge in [0, 0.05) is 23.9 Å². The molecule has 1 saturated carbocycles. The number of rotatable bonds is 7. The zero-order valence-corrected chi connectivity index (χ0v) is 21.3. The van der Waals surface area contributed by atoms with Gasteiger partial charge >= 0.3 is 0 Å². The summed E-state index contributed by atoms with van der Waals surface area (Å²) in [6, 6.07) is 19.8. The Balaban J connectivity index is 1.57. The molecule has 6 heteroatoms. The lowest BCUT2D eigenvalue weighted by Crippen LogP contribution is -2.40. The number of nitrogens with one attached hydrogen (secondary N) is 1. The van der Waals surface area contributed by atoms with Crippen LogP contribution in [0.1, 0.15) is 63.3 Å². The molecule has 184 valence electrons. The lowest BCUT2D eigenvalue weighted by Gasteiger charge is -2.25. The summed E-state index contributed by atoms with van der Waals surface area (Å²) in [5.41, 5.74) is 3.77. The summed E-state index contributed by atoms with van der Waals surface area (Å²) in [5.74, 6) is 0.471. The second-order valence-electron chi connectivity index (χ2n) is 10.6. The Morgan fingerprint density at radius 1 is 1.03 bits per heavy atom. The van der Waals surface area contributed by atoms with Crippen molar-refractivity contribution in [2.24, 2.45) is 5.92 Å². The normalized spacial score (nSPS) is 14.2. The highest BCUT2D eigenvalue weighted by Gasteiger charge is 2.29. The Labute approximate surface area is 208 Å². The number of nitrogens with zero attached hydrogens (tertiary/aromatic N) is 3. The van der Waals surface area contributed by atoms with Crippen LogP contribution in [0.5, 0.6) is 0 Å². The topological polar surface area (TPSA) is 67.2 Å². The molecule has 0 aliphatic heterocycles. The Morgan fingerprint density at radius 3 is 2.31 bits per heavy atom. The van der Waals surface area contributed by atoms with Crippen LogP contribution in [0.3, 0.4) is 0 Å². The van der Waals surface area contributed by atoms with Crippen molar-refractivity contribution in [3.05, 3.63) is 77.5 Å². The Hall–Kier alpha value is -3.41. The monoisotopic (exact) mass is 472 g/mol. The molecule has 35 heavy (non-hydrogen) atoms. The van der Waals surface area contributed by atoms with Gasteiger partial charge in [0.1, 0.15) is 12.4 Å². The summed E-state index contributed by atoms with van der Waals surface area (Å²) < 4.78 is 1.78. The molecule has 0 bridgehead atoms. The highest BCUT2D eigenvalue weighted by Crippen LogP contribution is 2.28. The summed E-state index contributed by atoms with van der Waals surface area (Å²) in [6.45, 7) is 8.77. The molecule has 6 nitrogen and oxygen atoms in total. The molecule has 0 saturated heterocycles. The smallest absolute Gasteiger partial charge is 0.245 e. The van der Waals surface area contributed by atoms with Crippen molar-refractivity contribution in [3.8, 4) is 5.69 Å². The number of carbonyl (C=O) groups excluding carboxylic acids is 2. The van der Waals surface area contributed by atoms with Crippen molar-refractivity contribution in [1.82, 2.24) is 14.7 Å². The van der Waals surface area contributed by atoms with E-state index in [0.717, 1.165) is 48.2 Å². The molecule has 4 rings (SSSR count). The van der Waals surface area contributed by atoms with Crippen molar-refractivity contribution in [1.29, 1.82) is 0 Å². The standard InChI is InChI=1S/C29H36N4O2/c1-21-14-16-24(17-15-21)33-26(18-25(31-33)29(2,3)4)30-27(34)20-32(19-22-10-6-5-7-11-22)28(35)23-12-8-9-13-23/h5-7,10-11,14-18,23H,8-9,12-13,19-20H2,1-4H3,(H,30,34). The zero-order valence-electron chi connectivity index (χ0n) is 21.3. The van der Waals surface area contributed by atoms with Gasteiger partial charge in [0.2, 0.25) is 11.8 Å².